The number of anilines is 1. The van der Waals surface area contributed by atoms with Crippen molar-refractivity contribution in [2.45, 2.75) is 31.7 Å². The fourth-order valence-electron chi connectivity index (χ4n) is 2.68. The Morgan fingerprint density at radius 1 is 1.13 bits per heavy atom. The van der Waals surface area contributed by atoms with Crippen LogP contribution in [0.1, 0.15) is 25.8 Å². The molecule has 0 aliphatic rings. The lowest BCUT2D eigenvalue weighted by Crippen LogP contribution is -2.16. The van der Waals surface area contributed by atoms with Gasteiger partial charge < -0.3 is 14.6 Å². The van der Waals surface area contributed by atoms with Crippen molar-refractivity contribution in [3.05, 3.63) is 65.7 Å². The molecule has 0 aliphatic carbocycles. The Hall–Kier alpha value is -3.01. The normalized spacial score (nSPS) is 11.9. The first-order chi connectivity index (χ1) is 14.4. The lowest BCUT2D eigenvalue weighted by molar-refractivity contribution is -0.113. The maximum atomic E-state index is 13.7. The maximum Gasteiger partial charge on any atom is 0.234 e. The van der Waals surface area contributed by atoms with E-state index in [2.05, 4.69) is 15.5 Å². The number of hydrogen-bond acceptors (Lipinski definition) is 5. The van der Waals surface area contributed by atoms with Crippen molar-refractivity contribution in [3.63, 3.8) is 0 Å². The second-order valence-electron chi connectivity index (χ2n) is 6.26. The number of carbonyl (C=O) groups is 1. The highest BCUT2D eigenvalue weighted by molar-refractivity contribution is 7.99. The number of hydrogen-bond donors (Lipinski definition) is 1. The molecule has 1 heterocycles. The van der Waals surface area contributed by atoms with E-state index in [0.29, 0.717) is 23.3 Å². The molecule has 1 aromatic heterocycles. The molecule has 0 saturated heterocycles. The largest absolute Gasteiger partial charge is 0.483 e. The molecule has 0 aliphatic heterocycles. The van der Waals surface area contributed by atoms with Gasteiger partial charge >= 0.3 is 0 Å². The van der Waals surface area contributed by atoms with Gasteiger partial charge in [-0.15, -0.1) is 10.2 Å². The molecular formula is C20H19F3N4O2S. The van der Waals surface area contributed by atoms with Gasteiger partial charge in [-0.05, 0) is 50.2 Å². The Morgan fingerprint density at radius 3 is 2.53 bits per heavy atom. The van der Waals surface area contributed by atoms with E-state index in [9.17, 15) is 18.0 Å². The SMILES string of the molecule is CCn1c(SCC(=O)Nc2cc(F)ccc2F)nnc1C(C)Oc1ccc(F)cc1. The molecule has 10 heteroatoms. The highest BCUT2D eigenvalue weighted by atomic mass is 32.2. The summed E-state index contributed by atoms with van der Waals surface area (Å²) in [6.07, 6.45) is -0.465. The second-order valence-corrected chi connectivity index (χ2v) is 7.20. The zero-order chi connectivity index (χ0) is 21.7. The fourth-order valence-corrected chi connectivity index (χ4v) is 3.49. The molecule has 0 bridgehead atoms. The van der Waals surface area contributed by atoms with Crippen LogP contribution in [-0.2, 0) is 11.3 Å². The third-order valence-electron chi connectivity index (χ3n) is 4.09. The summed E-state index contributed by atoms with van der Waals surface area (Å²) in [5.74, 6) is -1.28. The van der Waals surface area contributed by atoms with E-state index in [1.807, 2.05) is 6.92 Å². The fraction of sp³-hybridized carbons (Fsp3) is 0.250. The van der Waals surface area contributed by atoms with Gasteiger partial charge in [-0.3, -0.25) is 4.79 Å². The topological polar surface area (TPSA) is 69.0 Å². The third kappa shape index (κ3) is 5.32. The Kier molecular flexibility index (Phi) is 6.99. The highest BCUT2D eigenvalue weighted by Crippen LogP contribution is 2.25. The average molecular weight is 436 g/mol. The number of rotatable bonds is 8. The van der Waals surface area contributed by atoms with Crippen LogP contribution in [0.3, 0.4) is 0 Å². The molecule has 1 unspecified atom stereocenters. The van der Waals surface area contributed by atoms with Crippen LogP contribution in [-0.4, -0.2) is 26.4 Å². The lowest BCUT2D eigenvalue weighted by atomic mass is 10.3. The molecular weight excluding hydrogens is 417 g/mol. The third-order valence-corrected chi connectivity index (χ3v) is 5.05. The molecule has 3 aromatic rings. The first-order valence-electron chi connectivity index (χ1n) is 9.10. The number of amides is 1. The van der Waals surface area contributed by atoms with Crippen LogP contribution >= 0.6 is 11.8 Å². The van der Waals surface area contributed by atoms with Gasteiger partial charge in [0.1, 0.15) is 23.2 Å². The minimum absolute atomic E-state index is 0.0682. The predicted octanol–water partition coefficient (Wildman–Crippen LogP) is 4.59. The molecule has 2 aromatic carbocycles. The van der Waals surface area contributed by atoms with Crippen LogP contribution < -0.4 is 10.1 Å². The second kappa shape index (κ2) is 9.66. The van der Waals surface area contributed by atoms with E-state index in [-0.39, 0.29) is 17.3 Å². The van der Waals surface area contributed by atoms with Crippen molar-refractivity contribution < 1.29 is 22.7 Å². The summed E-state index contributed by atoms with van der Waals surface area (Å²) < 4.78 is 47.5. The summed E-state index contributed by atoms with van der Waals surface area (Å²) >= 11 is 1.11. The number of carbonyl (C=O) groups excluding carboxylic acids is 1. The molecule has 0 fully saturated rings. The summed E-state index contributed by atoms with van der Waals surface area (Å²) in [6.45, 7) is 4.21. The molecule has 1 amide bonds. The van der Waals surface area contributed by atoms with Crippen molar-refractivity contribution in [2.75, 3.05) is 11.1 Å². The highest BCUT2D eigenvalue weighted by Gasteiger charge is 2.20. The Balaban J connectivity index is 1.64. The van der Waals surface area contributed by atoms with Crippen LogP contribution in [0.2, 0.25) is 0 Å². The van der Waals surface area contributed by atoms with Crippen molar-refractivity contribution in [1.29, 1.82) is 0 Å². The summed E-state index contributed by atoms with van der Waals surface area (Å²) in [5.41, 5.74) is -0.223. The number of nitrogens with zero attached hydrogens (tertiary/aromatic N) is 3. The zero-order valence-electron chi connectivity index (χ0n) is 16.2. The molecule has 0 saturated carbocycles. The average Bonchev–Trinajstić information content (AvgIpc) is 3.14. The minimum Gasteiger partial charge on any atom is -0.483 e. The lowest BCUT2D eigenvalue weighted by Gasteiger charge is -2.15. The zero-order valence-corrected chi connectivity index (χ0v) is 17.0. The standard InChI is InChI=1S/C20H19F3N4O2S/c1-3-27-19(12(2)29-15-7-4-13(21)5-8-15)25-26-20(27)30-11-18(28)24-17-10-14(22)6-9-16(17)23/h4-10,12H,3,11H2,1-2H3,(H,24,28). The Bertz CT molecular complexity index is 1030. The Labute approximate surface area is 175 Å². The van der Waals surface area contributed by atoms with E-state index in [0.717, 1.165) is 30.0 Å². The summed E-state index contributed by atoms with van der Waals surface area (Å²) in [7, 11) is 0. The van der Waals surface area contributed by atoms with E-state index in [1.165, 1.54) is 24.3 Å². The van der Waals surface area contributed by atoms with E-state index in [4.69, 9.17) is 4.74 Å². The predicted molar refractivity (Wildman–Crippen MR) is 107 cm³/mol. The van der Waals surface area contributed by atoms with Crippen molar-refractivity contribution in [1.82, 2.24) is 14.8 Å². The number of nitrogens with one attached hydrogen (secondary N) is 1. The number of halogens is 3. The van der Waals surface area contributed by atoms with Crippen LogP contribution in [0.4, 0.5) is 18.9 Å². The van der Waals surface area contributed by atoms with Gasteiger partial charge in [-0.1, -0.05) is 11.8 Å². The first kappa shape index (κ1) is 21.7. The van der Waals surface area contributed by atoms with E-state index in [1.54, 1.807) is 11.5 Å². The Morgan fingerprint density at radius 2 is 1.83 bits per heavy atom. The number of ether oxygens (including phenoxy) is 1. The molecule has 0 radical (unpaired) electrons. The van der Waals surface area contributed by atoms with Crippen LogP contribution in [0.5, 0.6) is 5.75 Å². The van der Waals surface area contributed by atoms with Gasteiger partial charge in [0, 0.05) is 12.6 Å². The van der Waals surface area contributed by atoms with Crippen LogP contribution in [0.25, 0.3) is 0 Å². The molecule has 6 nitrogen and oxygen atoms in total. The molecule has 3 rings (SSSR count). The van der Waals surface area contributed by atoms with E-state index >= 15 is 0 Å². The van der Waals surface area contributed by atoms with Gasteiger partial charge in [0.25, 0.3) is 0 Å². The quantitative estimate of drug-likeness (QED) is 0.524. The smallest absolute Gasteiger partial charge is 0.234 e. The molecule has 0 spiro atoms. The summed E-state index contributed by atoms with van der Waals surface area (Å²) in [6, 6.07) is 8.47. The number of thioether (sulfide) groups is 1. The van der Waals surface area contributed by atoms with Gasteiger partial charge in [-0.2, -0.15) is 0 Å². The summed E-state index contributed by atoms with van der Waals surface area (Å²) in [4.78, 5) is 12.1. The van der Waals surface area contributed by atoms with Gasteiger partial charge in [0.15, 0.2) is 17.1 Å². The van der Waals surface area contributed by atoms with Crippen LogP contribution in [0.15, 0.2) is 47.6 Å². The molecule has 158 valence electrons. The number of aromatic nitrogens is 3. The van der Waals surface area contributed by atoms with Crippen molar-refractivity contribution >= 4 is 23.4 Å². The minimum atomic E-state index is -0.722. The number of benzene rings is 2. The van der Waals surface area contributed by atoms with Gasteiger partial charge in [0.05, 0.1) is 11.4 Å². The molecule has 30 heavy (non-hydrogen) atoms. The van der Waals surface area contributed by atoms with Gasteiger partial charge in [-0.25, -0.2) is 13.2 Å². The summed E-state index contributed by atoms with van der Waals surface area (Å²) in [5, 5.41) is 11.1. The van der Waals surface area contributed by atoms with Gasteiger partial charge in [0.2, 0.25) is 5.91 Å². The van der Waals surface area contributed by atoms with Crippen molar-refractivity contribution in [2.24, 2.45) is 0 Å². The monoisotopic (exact) mass is 436 g/mol. The van der Waals surface area contributed by atoms with E-state index < -0.39 is 23.6 Å². The van der Waals surface area contributed by atoms with Crippen molar-refractivity contribution in [3.8, 4) is 5.75 Å². The molecule has 1 atom stereocenters. The van der Waals surface area contributed by atoms with Crippen LogP contribution in [0, 0.1) is 17.5 Å². The first-order valence-corrected chi connectivity index (χ1v) is 10.1. The molecule has 1 N–H and O–H groups in total. The maximum absolute atomic E-state index is 13.7.